The van der Waals surface area contributed by atoms with E-state index >= 15 is 0 Å². The quantitative estimate of drug-likeness (QED) is 0.890. The molecule has 0 spiro atoms. The molecule has 0 radical (unpaired) electrons. The minimum absolute atomic E-state index is 0.297. The molecular weight excluding hydrogens is 344 g/mol. The summed E-state index contributed by atoms with van der Waals surface area (Å²) in [6.45, 7) is 4.20. The van der Waals surface area contributed by atoms with E-state index in [0.717, 1.165) is 28.0 Å². The lowest BCUT2D eigenvalue weighted by molar-refractivity contribution is 0.167. The van der Waals surface area contributed by atoms with Crippen LogP contribution in [0.1, 0.15) is 24.7 Å². The summed E-state index contributed by atoms with van der Waals surface area (Å²) in [7, 11) is 1.94. The second-order valence-electron chi connectivity index (χ2n) is 4.89. The van der Waals surface area contributed by atoms with Crippen LogP contribution in [-0.4, -0.2) is 43.0 Å². The van der Waals surface area contributed by atoms with Crippen LogP contribution in [0.25, 0.3) is 0 Å². The number of aliphatic hydroxyl groups is 1. The molecule has 1 aromatic heterocycles. The first-order chi connectivity index (χ1) is 9.04. The number of hydrogen-bond acceptors (Lipinski definition) is 4. The number of nitrogens with zero attached hydrogens (tertiary/aromatic N) is 2. The van der Waals surface area contributed by atoms with Gasteiger partial charge in [0.1, 0.15) is 0 Å². The van der Waals surface area contributed by atoms with Crippen LogP contribution >= 0.6 is 39.5 Å². The molecule has 1 fully saturated rings. The highest BCUT2D eigenvalue weighted by Gasteiger charge is 2.32. The summed E-state index contributed by atoms with van der Waals surface area (Å²) in [6, 6.07) is 0. The molecule has 108 valence electrons. The predicted octanol–water partition coefficient (Wildman–Crippen LogP) is 3.02. The van der Waals surface area contributed by atoms with E-state index in [0.29, 0.717) is 16.9 Å². The molecule has 1 aliphatic rings. The van der Waals surface area contributed by atoms with Crippen LogP contribution in [-0.2, 0) is 13.5 Å². The summed E-state index contributed by atoms with van der Waals surface area (Å²) in [5.41, 5.74) is 2.08. The second-order valence-corrected chi connectivity index (χ2v) is 8.32. The summed E-state index contributed by atoms with van der Waals surface area (Å²) in [6.07, 6.45) is 1.51. The third-order valence-electron chi connectivity index (χ3n) is 3.54. The predicted molar refractivity (Wildman–Crippen MR) is 88.1 cm³/mol. The highest BCUT2D eigenvalue weighted by molar-refractivity contribution is 9.10. The number of hydrogen-bond donors (Lipinski definition) is 1. The van der Waals surface area contributed by atoms with Gasteiger partial charge < -0.3 is 5.11 Å². The van der Waals surface area contributed by atoms with Gasteiger partial charge in [0, 0.05) is 35.5 Å². The molecule has 3 nitrogen and oxygen atoms in total. The van der Waals surface area contributed by atoms with Gasteiger partial charge in [0.25, 0.3) is 0 Å². The van der Waals surface area contributed by atoms with Gasteiger partial charge in [-0.05, 0) is 29.3 Å². The lowest BCUT2D eigenvalue weighted by Gasteiger charge is -2.33. The Morgan fingerprint density at radius 2 is 2.16 bits per heavy atom. The molecule has 0 bridgehead atoms. The topological polar surface area (TPSA) is 38.1 Å². The molecule has 1 saturated heterocycles. The molecule has 6 heteroatoms. The maximum Gasteiger partial charge on any atom is 0.0738 e. The molecule has 1 aromatic rings. The first-order valence-electron chi connectivity index (χ1n) is 6.63. The van der Waals surface area contributed by atoms with E-state index in [1.54, 1.807) is 0 Å². The van der Waals surface area contributed by atoms with Crippen molar-refractivity contribution in [3.05, 3.63) is 15.9 Å². The highest BCUT2D eigenvalue weighted by Crippen LogP contribution is 2.36. The fourth-order valence-electron chi connectivity index (χ4n) is 2.51. The molecule has 2 rings (SSSR count). The Labute approximate surface area is 132 Å². The standard InChI is InChI=1S/C13H21BrN2OS2/c1-4-11-13(19-6-5-18-11)10(17)7-9-12(14)8(2)15-16(9)3/h10-11,13,17H,4-7H2,1-3H3. The zero-order valence-electron chi connectivity index (χ0n) is 11.6. The van der Waals surface area contributed by atoms with E-state index < -0.39 is 0 Å². The first kappa shape index (κ1) is 15.7. The van der Waals surface area contributed by atoms with Crippen molar-refractivity contribution >= 4 is 39.5 Å². The Morgan fingerprint density at radius 3 is 2.74 bits per heavy atom. The van der Waals surface area contributed by atoms with E-state index in [4.69, 9.17) is 0 Å². The number of halogens is 1. The summed E-state index contributed by atoms with van der Waals surface area (Å²) in [5.74, 6) is 2.36. The molecule has 0 aromatic carbocycles. The van der Waals surface area contributed by atoms with Crippen molar-refractivity contribution in [1.82, 2.24) is 9.78 Å². The fourth-order valence-corrected chi connectivity index (χ4v) is 6.16. The molecule has 1 aliphatic heterocycles. The molecule has 19 heavy (non-hydrogen) atoms. The Bertz CT molecular complexity index is 439. The average Bonchev–Trinajstić information content (AvgIpc) is 2.65. The maximum atomic E-state index is 10.6. The molecule has 0 amide bonds. The molecule has 0 saturated carbocycles. The van der Waals surface area contributed by atoms with Crippen LogP contribution in [0.4, 0.5) is 0 Å². The number of rotatable bonds is 4. The van der Waals surface area contributed by atoms with Crippen molar-refractivity contribution < 1.29 is 5.11 Å². The Kier molecular flexibility index (Phi) is 5.69. The van der Waals surface area contributed by atoms with Crippen LogP contribution < -0.4 is 0 Å². The minimum atomic E-state index is -0.297. The molecule has 3 atom stereocenters. The fraction of sp³-hybridized carbons (Fsp3) is 0.769. The minimum Gasteiger partial charge on any atom is -0.392 e. The second kappa shape index (κ2) is 6.87. The van der Waals surface area contributed by atoms with Crippen molar-refractivity contribution in [2.45, 2.75) is 43.3 Å². The molecule has 3 unspecified atom stereocenters. The number of aryl methyl sites for hydroxylation is 2. The number of thioether (sulfide) groups is 2. The van der Waals surface area contributed by atoms with Crippen molar-refractivity contribution in [3.8, 4) is 0 Å². The summed E-state index contributed by atoms with van der Waals surface area (Å²) in [4.78, 5) is 0. The average molecular weight is 365 g/mol. The van der Waals surface area contributed by atoms with Crippen LogP contribution in [0.5, 0.6) is 0 Å². The van der Waals surface area contributed by atoms with Gasteiger partial charge in [-0.25, -0.2) is 0 Å². The zero-order valence-corrected chi connectivity index (χ0v) is 14.8. The highest BCUT2D eigenvalue weighted by atomic mass is 79.9. The number of aliphatic hydroxyl groups excluding tert-OH is 1. The first-order valence-corrected chi connectivity index (χ1v) is 9.52. The lowest BCUT2D eigenvalue weighted by Crippen LogP contribution is -2.37. The van der Waals surface area contributed by atoms with E-state index in [1.165, 1.54) is 5.75 Å². The van der Waals surface area contributed by atoms with Gasteiger partial charge in [-0.3, -0.25) is 4.68 Å². The van der Waals surface area contributed by atoms with Crippen LogP contribution in [0, 0.1) is 6.92 Å². The Balaban J connectivity index is 2.09. The van der Waals surface area contributed by atoms with E-state index in [1.807, 2.05) is 42.2 Å². The van der Waals surface area contributed by atoms with Gasteiger partial charge in [-0.2, -0.15) is 28.6 Å². The molecule has 0 aliphatic carbocycles. The van der Waals surface area contributed by atoms with Gasteiger partial charge in [-0.15, -0.1) is 0 Å². The monoisotopic (exact) mass is 364 g/mol. The van der Waals surface area contributed by atoms with Crippen molar-refractivity contribution in [1.29, 1.82) is 0 Å². The van der Waals surface area contributed by atoms with Crippen LogP contribution in [0.3, 0.4) is 0 Å². The van der Waals surface area contributed by atoms with Crippen molar-refractivity contribution in [2.24, 2.45) is 7.05 Å². The largest absolute Gasteiger partial charge is 0.392 e. The van der Waals surface area contributed by atoms with E-state index in [2.05, 4.69) is 28.0 Å². The van der Waals surface area contributed by atoms with Crippen LogP contribution in [0.15, 0.2) is 4.47 Å². The Hall–Kier alpha value is 0.350. The van der Waals surface area contributed by atoms with Gasteiger partial charge in [0.2, 0.25) is 0 Å². The lowest BCUT2D eigenvalue weighted by atomic mass is 10.1. The smallest absolute Gasteiger partial charge is 0.0738 e. The maximum absolute atomic E-state index is 10.6. The number of aromatic nitrogens is 2. The third-order valence-corrected chi connectivity index (χ3v) is 7.96. The van der Waals surface area contributed by atoms with Crippen molar-refractivity contribution in [3.63, 3.8) is 0 Å². The molecule has 1 N–H and O–H groups in total. The van der Waals surface area contributed by atoms with Crippen molar-refractivity contribution in [2.75, 3.05) is 11.5 Å². The molecule has 2 heterocycles. The van der Waals surface area contributed by atoms with Gasteiger partial charge in [0.15, 0.2) is 0 Å². The van der Waals surface area contributed by atoms with Gasteiger partial charge in [0.05, 0.1) is 22.0 Å². The summed E-state index contributed by atoms with van der Waals surface area (Å²) < 4.78 is 2.92. The third kappa shape index (κ3) is 3.52. The normalized spacial score (nSPS) is 25.5. The van der Waals surface area contributed by atoms with Gasteiger partial charge in [-0.1, -0.05) is 6.92 Å². The summed E-state index contributed by atoms with van der Waals surface area (Å²) in [5, 5.41) is 15.9. The van der Waals surface area contributed by atoms with Crippen LogP contribution in [0.2, 0.25) is 0 Å². The molecular formula is C13H21BrN2OS2. The Morgan fingerprint density at radius 1 is 1.47 bits per heavy atom. The zero-order chi connectivity index (χ0) is 14.0. The summed E-state index contributed by atoms with van der Waals surface area (Å²) >= 11 is 7.51. The van der Waals surface area contributed by atoms with E-state index in [9.17, 15) is 5.11 Å². The SMILES string of the molecule is CCC1SCCSC1C(O)Cc1c(Br)c(C)nn1C. The van der Waals surface area contributed by atoms with Gasteiger partial charge >= 0.3 is 0 Å². The van der Waals surface area contributed by atoms with E-state index in [-0.39, 0.29) is 6.10 Å².